The molecule has 0 unspecified atom stereocenters. The Morgan fingerprint density at radius 3 is 2.20 bits per heavy atom. The molecule has 0 N–H and O–H groups in total. The van der Waals surface area contributed by atoms with Crippen molar-refractivity contribution >= 4 is 59.8 Å². The first-order valence-corrected chi connectivity index (χ1v) is 21.7. The molecule has 0 saturated heterocycles. The van der Waals surface area contributed by atoms with Crippen LogP contribution in [0.2, 0.25) is 0 Å². The van der Waals surface area contributed by atoms with Crippen LogP contribution < -0.4 is 10.1 Å². The summed E-state index contributed by atoms with van der Waals surface area (Å²) in [6.45, 7) is 9.00. The lowest BCUT2D eigenvalue weighted by Crippen LogP contribution is -2.16. The highest BCUT2D eigenvalue weighted by Crippen LogP contribution is 2.41. The Kier molecular flexibility index (Phi) is 10.6. The zero-order chi connectivity index (χ0) is 37.9. The van der Waals surface area contributed by atoms with Gasteiger partial charge in [0.15, 0.2) is 0 Å². The predicted octanol–water partition coefficient (Wildman–Crippen LogP) is 11.4. The molecule has 0 saturated carbocycles. The van der Waals surface area contributed by atoms with E-state index in [0.717, 1.165) is 73.8 Å². The molecule has 0 amide bonds. The van der Waals surface area contributed by atoms with Crippen LogP contribution in [0.1, 0.15) is 77.7 Å². The van der Waals surface area contributed by atoms with Crippen LogP contribution >= 0.6 is 0 Å². The monoisotopic (exact) mass is 747 g/mol. The standard InChI is InChI=1S/C49H51N2O3S/c1-4-7-32-50-43(41-18-10-14-35-16-12-20-45(50)47(35)41)30-24-37-22-23-38(49(37)55(52,53)40-28-26-39(27-29-40)54-34-9-6-3)25-31-44-42-19-11-15-36-17-13-21-46(48(36)42)51(44)33-8-5-2/h10-21,24-31H,4-9,22-23,32-34H2,1-3H3/q+1. The van der Waals surface area contributed by atoms with Crippen LogP contribution in [-0.4, -0.2) is 36.4 Å². The van der Waals surface area contributed by atoms with E-state index in [9.17, 15) is 8.42 Å². The average Bonchev–Trinajstić information content (AvgIpc) is 3.86. The topological polar surface area (TPSA) is 51.3 Å². The second-order valence-electron chi connectivity index (χ2n) is 14.9. The number of rotatable bonds is 15. The molecule has 5 aromatic carbocycles. The summed E-state index contributed by atoms with van der Waals surface area (Å²) >= 11 is 0. The highest BCUT2D eigenvalue weighted by Gasteiger charge is 2.33. The summed E-state index contributed by atoms with van der Waals surface area (Å²) in [5, 5.41) is 7.30. The van der Waals surface area contributed by atoms with Crippen molar-refractivity contribution in [2.24, 2.45) is 0 Å². The molecule has 280 valence electrons. The Bertz CT molecular complexity index is 2680. The fourth-order valence-corrected chi connectivity index (χ4v) is 10.2. The van der Waals surface area contributed by atoms with E-state index in [1.807, 2.05) is 0 Å². The summed E-state index contributed by atoms with van der Waals surface area (Å²) in [4.78, 5) is 0.707. The Balaban J connectivity index is 1.28. The van der Waals surface area contributed by atoms with Crippen molar-refractivity contribution in [1.29, 1.82) is 0 Å². The SMILES string of the molecule is CCCCOc1ccc(S(=O)(=O)C2=C(C=CC3=[N+](CCCC)c4cccc5cccc3c45)CCC2=CC=c2c3cccc4cccc(c43)n2CCCC)cc1. The minimum absolute atomic E-state index is 0.287. The summed E-state index contributed by atoms with van der Waals surface area (Å²) < 4.78 is 40.5. The second kappa shape index (κ2) is 15.9. The molecular weight excluding hydrogens is 697 g/mol. The van der Waals surface area contributed by atoms with Crippen molar-refractivity contribution in [3.8, 4) is 5.75 Å². The fraction of sp³-hybridized carbons (Fsp3) is 0.286. The van der Waals surface area contributed by atoms with Gasteiger partial charge in [-0.1, -0.05) is 107 Å². The third kappa shape index (κ3) is 6.86. The van der Waals surface area contributed by atoms with Gasteiger partial charge in [-0.25, -0.2) is 8.42 Å². The maximum atomic E-state index is 14.9. The third-order valence-corrected chi connectivity index (χ3v) is 13.2. The summed E-state index contributed by atoms with van der Waals surface area (Å²) in [5.41, 5.74) is 6.47. The smallest absolute Gasteiger partial charge is 0.214 e. The Morgan fingerprint density at radius 1 is 0.727 bits per heavy atom. The molecule has 5 nitrogen and oxygen atoms in total. The van der Waals surface area contributed by atoms with Crippen LogP contribution in [0.25, 0.3) is 38.5 Å². The lowest BCUT2D eigenvalue weighted by Gasteiger charge is -2.11. The first-order valence-electron chi connectivity index (χ1n) is 20.2. The van der Waals surface area contributed by atoms with Crippen molar-refractivity contribution in [2.45, 2.75) is 83.6 Å². The number of allylic oxidation sites excluding steroid dienone is 5. The molecule has 1 aromatic heterocycles. The first-order chi connectivity index (χ1) is 26.9. The molecule has 6 aromatic rings. The van der Waals surface area contributed by atoms with Crippen molar-refractivity contribution < 1.29 is 17.7 Å². The summed E-state index contributed by atoms with van der Waals surface area (Å²) in [6, 6.07) is 33.0. The summed E-state index contributed by atoms with van der Waals surface area (Å²) in [6.07, 6.45) is 16.1. The van der Waals surface area contributed by atoms with E-state index in [2.05, 4.69) is 127 Å². The van der Waals surface area contributed by atoms with Gasteiger partial charge in [0.1, 0.15) is 12.3 Å². The van der Waals surface area contributed by atoms with Crippen LogP contribution in [0.3, 0.4) is 0 Å². The zero-order valence-electron chi connectivity index (χ0n) is 32.4. The van der Waals surface area contributed by atoms with Gasteiger partial charge < -0.3 is 9.30 Å². The highest BCUT2D eigenvalue weighted by atomic mass is 32.2. The van der Waals surface area contributed by atoms with Crippen molar-refractivity contribution in [1.82, 2.24) is 4.57 Å². The van der Waals surface area contributed by atoms with Crippen molar-refractivity contribution in [3.63, 3.8) is 0 Å². The van der Waals surface area contributed by atoms with E-state index < -0.39 is 9.84 Å². The molecule has 2 heterocycles. The largest absolute Gasteiger partial charge is 0.494 e. The minimum Gasteiger partial charge on any atom is -0.494 e. The molecule has 1 aliphatic carbocycles. The summed E-state index contributed by atoms with van der Waals surface area (Å²) in [5.74, 6) is 0.689. The second-order valence-corrected chi connectivity index (χ2v) is 16.8. The Labute approximate surface area is 325 Å². The van der Waals surface area contributed by atoms with E-state index in [-0.39, 0.29) is 4.90 Å². The number of unbranched alkanes of at least 4 members (excludes halogenated alkanes) is 3. The maximum absolute atomic E-state index is 14.9. The van der Waals surface area contributed by atoms with Crippen molar-refractivity contribution in [3.05, 3.63) is 142 Å². The van der Waals surface area contributed by atoms with Gasteiger partial charge in [-0.3, -0.25) is 0 Å². The molecule has 2 aliphatic rings. The Hall–Kier alpha value is -5.20. The van der Waals surface area contributed by atoms with Crippen molar-refractivity contribution in [2.75, 3.05) is 13.2 Å². The molecule has 6 heteroatoms. The van der Waals surface area contributed by atoms with Gasteiger partial charge in [0.25, 0.3) is 0 Å². The Morgan fingerprint density at radius 2 is 1.44 bits per heavy atom. The number of aryl methyl sites for hydroxylation is 1. The lowest BCUT2D eigenvalue weighted by atomic mass is 10.0. The molecular formula is C49H51N2O3S+. The fourth-order valence-electron chi connectivity index (χ4n) is 8.44. The van der Waals surface area contributed by atoms with Gasteiger partial charge in [0.2, 0.25) is 21.2 Å². The third-order valence-electron chi connectivity index (χ3n) is 11.3. The van der Waals surface area contributed by atoms with Gasteiger partial charge in [0, 0.05) is 46.7 Å². The number of ether oxygens (including phenoxy) is 1. The number of benzene rings is 5. The van der Waals surface area contributed by atoms with Crippen LogP contribution in [0, 0.1) is 0 Å². The van der Waals surface area contributed by atoms with Gasteiger partial charge >= 0.3 is 0 Å². The normalized spacial score (nSPS) is 15.8. The lowest BCUT2D eigenvalue weighted by molar-refractivity contribution is -0.436. The van der Waals surface area contributed by atoms with Crippen LogP contribution in [0.4, 0.5) is 5.69 Å². The number of hydrogen-bond donors (Lipinski definition) is 0. The quantitative estimate of drug-likeness (QED) is 0.0776. The molecule has 8 rings (SSSR count). The van der Waals surface area contributed by atoms with E-state index in [0.29, 0.717) is 30.1 Å². The summed E-state index contributed by atoms with van der Waals surface area (Å²) in [7, 11) is -3.88. The molecule has 0 fully saturated rings. The number of sulfone groups is 1. The van der Waals surface area contributed by atoms with E-state index in [4.69, 9.17) is 4.74 Å². The van der Waals surface area contributed by atoms with E-state index in [1.165, 1.54) is 43.7 Å². The molecule has 0 radical (unpaired) electrons. The zero-order valence-corrected chi connectivity index (χ0v) is 33.2. The van der Waals surface area contributed by atoms with Gasteiger partial charge in [-0.05, 0) is 90.1 Å². The number of nitrogens with zero attached hydrogens (tertiary/aromatic N) is 2. The van der Waals surface area contributed by atoms with Gasteiger partial charge in [-0.15, -0.1) is 0 Å². The van der Waals surface area contributed by atoms with Gasteiger partial charge in [-0.2, -0.15) is 4.58 Å². The average molecular weight is 748 g/mol. The molecule has 0 spiro atoms. The van der Waals surface area contributed by atoms with Gasteiger partial charge in [0.05, 0.1) is 27.4 Å². The molecule has 1 aliphatic heterocycles. The van der Waals surface area contributed by atoms with Crippen LogP contribution in [0.5, 0.6) is 5.75 Å². The number of aromatic nitrogens is 1. The van der Waals surface area contributed by atoms with E-state index in [1.54, 1.807) is 24.3 Å². The first kappa shape index (κ1) is 36.8. The number of hydrogen-bond acceptors (Lipinski definition) is 3. The predicted molar refractivity (Wildman–Crippen MR) is 229 cm³/mol. The minimum atomic E-state index is -3.88. The molecule has 0 atom stereocenters. The van der Waals surface area contributed by atoms with E-state index >= 15 is 0 Å². The molecule has 55 heavy (non-hydrogen) atoms. The van der Waals surface area contributed by atoms with Crippen LogP contribution in [-0.2, 0) is 16.4 Å². The maximum Gasteiger partial charge on any atom is 0.214 e. The molecule has 0 bridgehead atoms. The highest BCUT2D eigenvalue weighted by molar-refractivity contribution is 7.95. The van der Waals surface area contributed by atoms with Crippen LogP contribution in [0.15, 0.2) is 136 Å².